The number of nitrogens with two attached hydrogens (primary N) is 3. The first-order valence-corrected chi connectivity index (χ1v) is 47.6. The number of ether oxygens (including phenoxy) is 8. The minimum absolute atomic E-state index is 0. The molecule has 13 N–H and O–H groups in total. The number of nitro benzene ring substituents is 2. The highest BCUT2D eigenvalue weighted by molar-refractivity contribution is 5.97. The van der Waals surface area contributed by atoms with Crippen LogP contribution in [-0.2, 0) is 22.6 Å². The second-order valence-corrected chi connectivity index (χ2v) is 35.9. The number of aryl methyl sites for hydroxylation is 1. The highest BCUT2D eigenvalue weighted by Gasteiger charge is 2.28. The highest BCUT2D eigenvalue weighted by Crippen LogP contribution is 2.40. The molecule has 2 amide bonds. The Morgan fingerprint density at radius 2 is 0.727 bits per heavy atom. The van der Waals surface area contributed by atoms with Crippen molar-refractivity contribution in [3.8, 4) is 114 Å². The third-order valence-corrected chi connectivity index (χ3v) is 23.2. The summed E-state index contributed by atoms with van der Waals surface area (Å²) in [5.41, 5.74) is 37.2. The van der Waals surface area contributed by atoms with Gasteiger partial charge in [-0.15, -0.1) is 0 Å². The molecule has 14 aromatic carbocycles. The predicted molar refractivity (Wildman–Crippen MR) is 595 cm³/mol. The molecule has 34 nitrogen and oxygen atoms in total. The fourth-order valence-electron chi connectivity index (χ4n) is 15.9. The summed E-state index contributed by atoms with van der Waals surface area (Å²) in [6, 6.07) is 95.8. The van der Waals surface area contributed by atoms with Gasteiger partial charge in [-0.05, 0) is 211 Å². The Morgan fingerprint density at radius 3 is 1.14 bits per heavy atom. The molecule has 5 aromatic heterocycles. The normalized spacial score (nSPS) is 10.8. The molecule has 150 heavy (non-hydrogen) atoms. The third-order valence-electron chi connectivity index (χ3n) is 23.2. The molecule has 0 fully saturated rings. The van der Waals surface area contributed by atoms with E-state index in [0.29, 0.717) is 46.2 Å². The number of hydrogen-bond acceptors (Lipinski definition) is 25. The van der Waals surface area contributed by atoms with Gasteiger partial charge in [0.1, 0.15) is 86.0 Å². The Labute approximate surface area is 869 Å². The summed E-state index contributed by atoms with van der Waals surface area (Å²) in [7, 11) is 13.4. The number of benzene rings is 14. The molecule has 0 spiro atoms. The SMILES string of the molecule is C.CNCCNCc1cccc(-c2cccc3[nH]c(-c4ccccc4OC)nc23)c1.COc1ccccc1-c1nc2c(-c3cccc(CN(CCN(C)C(=O)OC(C)(C)C)C(=O)OC(C)(C)C)c3)cccc2[nH]1.COc1ccccc1-c1nc2c(C)cccc2[nH]1.COc1ccccc1-c1nc2c(N)cccc2[nH]1.COc1ccccc1-c1nc2c([N+](=O)[O-])cccc2[nH]1.COc1ccccc1C=O.Nc1cccc([N+](=O)[O-])c1N. The van der Waals surface area contributed by atoms with Gasteiger partial charge < -0.3 is 100 Å². The molecule has 0 saturated heterocycles. The zero-order valence-corrected chi connectivity index (χ0v) is 85.6. The van der Waals surface area contributed by atoms with Crippen molar-refractivity contribution in [2.45, 2.75) is 80.2 Å². The van der Waals surface area contributed by atoms with E-state index in [4.69, 9.17) is 65.1 Å². The highest BCUT2D eigenvalue weighted by atomic mass is 16.6. The van der Waals surface area contributed by atoms with E-state index in [1.807, 2.05) is 243 Å². The number of methoxy groups -OCH3 is 6. The molecule has 0 aliphatic carbocycles. The van der Waals surface area contributed by atoms with Gasteiger partial charge in [-0.25, -0.2) is 34.5 Å². The summed E-state index contributed by atoms with van der Waals surface area (Å²) in [4.78, 5) is 99.3. The molecule has 0 radical (unpaired) electrons. The molecule has 0 unspecified atom stereocenters. The topological polar surface area (TPSA) is 463 Å². The van der Waals surface area contributed by atoms with Gasteiger partial charge in [0.15, 0.2) is 11.8 Å². The van der Waals surface area contributed by atoms with Crippen molar-refractivity contribution >= 4 is 102 Å². The second-order valence-electron chi connectivity index (χ2n) is 35.9. The summed E-state index contributed by atoms with van der Waals surface area (Å²) < 4.78 is 43.1. The van der Waals surface area contributed by atoms with Crippen molar-refractivity contribution in [1.82, 2.24) is 70.3 Å². The number of carbonyl (C=O) groups excluding carboxylic acids is 3. The van der Waals surface area contributed by atoms with Gasteiger partial charge in [-0.3, -0.25) is 25.0 Å². The van der Waals surface area contributed by atoms with E-state index in [0.717, 1.165) is 166 Å². The lowest BCUT2D eigenvalue weighted by atomic mass is 10.0. The number of likely N-dealkylation sites (N-methyl/N-ethyl adjacent to an activating group) is 2. The van der Waals surface area contributed by atoms with Crippen molar-refractivity contribution in [3.63, 3.8) is 0 Å². The molecule has 19 rings (SSSR count). The minimum Gasteiger partial charge on any atom is -0.496 e. The predicted octanol–water partition coefficient (Wildman–Crippen LogP) is 24.1. The van der Waals surface area contributed by atoms with Crippen LogP contribution in [0.3, 0.4) is 0 Å². The maximum absolute atomic E-state index is 13.2. The molecular formula is C116H125N19O15. The van der Waals surface area contributed by atoms with Gasteiger partial charge in [0.05, 0.1) is 141 Å². The standard InChI is InChI=1S/C34H42N4O5.C24H26N4O.C15H14N2O.C14H11N3O3.C14H13N3O.C8H8O2.C6H7N3O2.CH4/c1-33(2,3)42-31(39)37(7)19-20-38(32(40)43-34(4,5)6)22-23-13-11-14-24(21-23)25-16-12-17-27-29(25)36-30(35-27)26-15-9-10-18-28(26)41-8;1-25-13-14-26-16-17-7-5-8-18(15-17)19-10-6-11-21-23(19)28-24(27-21)20-9-3-4-12-22(20)29-2;1-10-6-5-8-12-14(10)17-15(16-12)11-7-3-4-9-13(11)18-2;1-20-12-8-3-2-5-9(12)14-15-10-6-4-7-11(17(18)19)13(10)16-14;1-18-12-8-3-2-5-9(12)14-16-11-7-4-6-10(15)13(11)17-14;1-10-8-5-3-2-4-7(8)6-9;7-4-2-1-3-5(6(4)8)9(10)11;/h9-18,21H,19-20,22H2,1-8H3,(H,35,36);3-12,15,25-26H,13-14,16H2,1-2H3,(H,27,28);3-9H,1-2H3,(H,16,17);2-8H,1H3,(H,15,16);2-8H,15H2,1H3,(H,16,17);2-6H,1H3;1-3H,7-8H2;1H4. The molecule has 774 valence electrons. The molecule has 5 heterocycles. The number of aldehydes is 1. The third kappa shape index (κ3) is 28.4. The van der Waals surface area contributed by atoms with E-state index >= 15 is 0 Å². The number of nitrogens with zero attached hydrogens (tertiary/aromatic N) is 9. The number of para-hydroxylation sites is 12. The Hall–Kier alpha value is -18.4. The monoisotopic (exact) mass is 2020 g/mol. The first kappa shape index (κ1) is 110. The number of imidazole rings is 5. The zero-order valence-electron chi connectivity index (χ0n) is 85.6. The van der Waals surface area contributed by atoms with Crippen LogP contribution in [0.4, 0.5) is 38.0 Å². The fourth-order valence-corrected chi connectivity index (χ4v) is 15.9. The van der Waals surface area contributed by atoms with Gasteiger partial charge in [0.25, 0.3) is 11.4 Å². The summed E-state index contributed by atoms with van der Waals surface area (Å²) in [5, 5.41) is 27.9. The first-order valence-electron chi connectivity index (χ1n) is 47.6. The number of aromatic amines is 5. The number of aromatic nitrogens is 10. The van der Waals surface area contributed by atoms with Crippen LogP contribution in [0.5, 0.6) is 34.5 Å². The van der Waals surface area contributed by atoms with Gasteiger partial charge in [-0.1, -0.05) is 171 Å². The lowest BCUT2D eigenvalue weighted by molar-refractivity contribution is -0.383. The van der Waals surface area contributed by atoms with Crippen molar-refractivity contribution < 1.29 is 62.1 Å². The number of amides is 2. The number of rotatable bonds is 26. The quantitative estimate of drug-likeness (QED) is 0.00791. The Kier molecular flexibility index (Phi) is 38.2. The maximum Gasteiger partial charge on any atom is 0.410 e. The van der Waals surface area contributed by atoms with Crippen LogP contribution in [0.1, 0.15) is 76.0 Å². The molecule has 34 heteroatoms. The number of nitrogen functional groups attached to an aromatic ring is 3. The molecule has 0 saturated carbocycles. The van der Waals surface area contributed by atoms with Crippen molar-refractivity contribution in [3.05, 3.63) is 346 Å². The summed E-state index contributed by atoms with van der Waals surface area (Å²) in [6.45, 7) is 16.6. The first-order chi connectivity index (χ1) is 71.8. The summed E-state index contributed by atoms with van der Waals surface area (Å²) in [5.74, 6) is 8.14. The molecule has 0 aliphatic rings. The number of hydrogen-bond donors (Lipinski definition) is 10. The van der Waals surface area contributed by atoms with E-state index in [-0.39, 0.29) is 43.3 Å². The maximum atomic E-state index is 13.2. The van der Waals surface area contributed by atoms with Crippen LogP contribution in [0, 0.1) is 27.2 Å². The lowest BCUT2D eigenvalue weighted by Gasteiger charge is -2.30. The number of H-pyrrole nitrogens is 5. The van der Waals surface area contributed by atoms with Gasteiger partial charge in [0.2, 0.25) is 0 Å². The molecule has 19 aromatic rings. The second kappa shape index (κ2) is 51.9. The number of carbonyl (C=O) groups is 3. The summed E-state index contributed by atoms with van der Waals surface area (Å²) >= 11 is 0. The number of anilines is 3. The zero-order chi connectivity index (χ0) is 106. The smallest absolute Gasteiger partial charge is 0.410 e. The number of nitrogens with one attached hydrogen (secondary N) is 7. The number of fused-ring (bicyclic) bond motifs is 5. The van der Waals surface area contributed by atoms with Crippen LogP contribution >= 0.6 is 0 Å². The van der Waals surface area contributed by atoms with Crippen molar-refractivity contribution in [1.29, 1.82) is 0 Å². The Balaban J connectivity index is 0.000000163. The minimum atomic E-state index is -0.664. The average Bonchev–Trinajstić information content (AvgIpc) is 1.65. The van der Waals surface area contributed by atoms with Gasteiger partial charge in [0, 0.05) is 69.6 Å². The van der Waals surface area contributed by atoms with E-state index in [2.05, 4.69) is 112 Å². The van der Waals surface area contributed by atoms with E-state index in [1.165, 1.54) is 45.9 Å². The molecule has 0 aliphatic heterocycles. The average molecular weight is 2030 g/mol. The Bertz CT molecular complexity index is 7710. The fraction of sp³-hybridized carbons (Fsp3) is 0.207. The van der Waals surface area contributed by atoms with Gasteiger partial charge >= 0.3 is 12.2 Å². The summed E-state index contributed by atoms with van der Waals surface area (Å²) in [6.07, 6.45) is -0.122. The van der Waals surface area contributed by atoms with E-state index in [1.54, 1.807) is 84.9 Å². The van der Waals surface area contributed by atoms with Crippen molar-refractivity contribution in [2.24, 2.45) is 0 Å². The van der Waals surface area contributed by atoms with Crippen LogP contribution in [0.25, 0.3) is 134 Å². The largest absolute Gasteiger partial charge is 0.496 e. The van der Waals surface area contributed by atoms with E-state index < -0.39 is 33.2 Å². The van der Waals surface area contributed by atoms with Crippen molar-refractivity contribution in [2.75, 3.05) is 100 Å². The number of nitro groups is 2. The molecule has 0 atom stereocenters. The van der Waals surface area contributed by atoms with Crippen LogP contribution in [0.2, 0.25) is 0 Å². The van der Waals surface area contributed by atoms with Crippen LogP contribution < -0.4 is 56.3 Å². The van der Waals surface area contributed by atoms with Gasteiger partial charge in [-0.2, -0.15) is 0 Å². The molecule has 0 bridgehead atoms. The lowest BCUT2D eigenvalue weighted by Crippen LogP contribution is -2.42. The Morgan fingerprint density at radius 1 is 0.387 bits per heavy atom. The van der Waals surface area contributed by atoms with Crippen LogP contribution in [-0.4, -0.2) is 182 Å². The van der Waals surface area contributed by atoms with Crippen LogP contribution in [0.15, 0.2) is 303 Å². The number of non-ortho nitro benzene ring substituents is 1. The van der Waals surface area contributed by atoms with E-state index in [9.17, 15) is 34.6 Å². The molecular weight excluding hydrogens is 1900 g/mol.